The number of aliphatic hydroxyl groups is 1. The molecule has 0 unspecified atom stereocenters. The summed E-state index contributed by atoms with van der Waals surface area (Å²) in [5.41, 5.74) is 3.44. The number of aliphatic hydroxyl groups excluding tert-OH is 1. The molecule has 0 spiro atoms. The van der Waals surface area contributed by atoms with Crippen molar-refractivity contribution < 1.29 is 24.5 Å². The van der Waals surface area contributed by atoms with Crippen molar-refractivity contribution >= 4 is 34.9 Å². The molecule has 38 heavy (non-hydrogen) atoms. The van der Waals surface area contributed by atoms with Gasteiger partial charge in [0.05, 0.1) is 19.7 Å². The van der Waals surface area contributed by atoms with Gasteiger partial charge in [-0.05, 0) is 77.4 Å². The molecule has 0 saturated heterocycles. The van der Waals surface area contributed by atoms with E-state index in [9.17, 15) is 9.90 Å². The van der Waals surface area contributed by atoms with Crippen LogP contribution in [0.15, 0.2) is 104 Å². The molecule has 2 heterocycles. The van der Waals surface area contributed by atoms with Crippen molar-refractivity contribution in [2.45, 2.75) is 0 Å². The number of aromatic nitrogens is 2. The lowest BCUT2D eigenvalue weighted by atomic mass is 10.1. The Hall–Kier alpha value is -5.17. The Morgan fingerprint density at radius 2 is 1.50 bits per heavy atom. The number of hydrogen-bond donors (Lipinski definition) is 2. The predicted octanol–water partition coefficient (Wildman–Crippen LogP) is 6.42. The molecule has 0 amide bonds. The largest absolute Gasteiger partial charge is 0.509 e. The minimum absolute atomic E-state index is 0.0239. The van der Waals surface area contributed by atoms with E-state index in [-0.39, 0.29) is 17.3 Å². The number of nitrogens with zero attached hydrogens (tertiary/aromatic N) is 2. The Balaban J connectivity index is 0.000000260. The number of rotatable bonds is 8. The van der Waals surface area contributed by atoms with E-state index in [1.54, 1.807) is 55.9 Å². The zero-order valence-electron chi connectivity index (χ0n) is 21.1. The van der Waals surface area contributed by atoms with Crippen LogP contribution in [-0.4, -0.2) is 40.2 Å². The van der Waals surface area contributed by atoms with Gasteiger partial charge in [0.25, 0.3) is 0 Å². The number of aromatic hydroxyl groups is 1. The van der Waals surface area contributed by atoms with Gasteiger partial charge in [0.1, 0.15) is 5.76 Å². The average Bonchev–Trinajstić information content (AvgIpc) is 2.95. The van der Waals surface area contributed by atoms with Gasteiger partial charge in [0, 0.05) is 23.8 Å². The number of fused-ring (bicyclic) bond motifs is 1. The molecule has 4 rings (SSSR count). The van der Waals surface area contributed by atoms with E-state index in [1.807, 2.05) is 36.4 Å². The second-order valence-electron chi connectivity index (χ2n) is 7.92. The van der Waals surface area contributed by atoms with Crippen LogP contribution < -0.4 is 9.47 Å². The molecule has 0 aliphatic rings. The fourth-order valence-electron chi connectivity index (χ4n) is 3.19. The summed E-state index contributed by atoms with van der Waals surface area (Å²) in [6, 6.07) is 18.3. The van der Waals surface area contributed by atoms with Crippen LogP contribution in [-0.2, 0) is 4.79 Å². The maximum absolute atomic E-state index is 12.0. The highest BCUT2D eigenvalue weighted by Crippen LogP contribution is 2.26. The highest BCUT2D eigenvalue weighted by atomic mass is 16.5. The smallest absolute Gasteiger partial charge is 0.212 e. The molecule has 0 radical (unpaired) electrons. The van der Waals surface area contributed by atoms with Crippen molar-refractivity contribution in [2.24, 2.45) is 0 Å². The van der Waals surface area contributed by atoms with E-state index in [0.29, 0.717) is 11.6 Å². The first-order chi connectivity index (χ1) is 18.4. The van der Waals surface area contributed by atoms with Crippen molar-refractivity contribution in [1.82, 2.24) is 9.97 Å². The molecule has 0 aliphatic carbocycles. The van der Waals surface area contributed by atoms with Crippen molar-refractivity contribution in [3.05, 3.63) is 120 Å². The van der Waals surface area contributed by atoms with E-state index in [4.69, 9.17) is 14.6 Å². The van der Waals surface area contributed by atoms with Gasteiger partial charge in [-0.1, -0.05) is 36.9 Å². The predicted molar refractivity (Wildman–Crippen MR) is 151 cm³/mol. The zero-order valence-corrected chi connectivity index (χ0v) is 21.1. The Morgan fingerprint density at radius 1 is 0.816 bits per heavy atom. The Kier molecular flexibility index (Phi) is 9.95. The normalized spacial score (nSPS) is 11.0. The summed E-state index contributed by atoms with van der Waals surface area (Å²) in [7, 11) is 3.04. The average molecular weight is 509 g/mol. The number of pyridine rings is 2. The maximum Gasteiger partial charge on any atom is 0.212 e. The van der Waals surface area contributed by atoms with Crippen LogP contribution in [0.5, 0.6) is 17.4 Å². The van der Waals surface area contributed by atoms with Gasteiger partial charge in [-0.3, -0.25) is 9.78 Å². The molecule has 7 nitrogen and oxygen atoms in total. The summed E-state index contributed by atoms with van der Waals surface area (Å²) in [6.45, 7) is 3.33. The lowest BCUT2D eigenvalue weighted by Crippen LogP contribution is -1.87. The summed E-state index contributed by atoms with van der Waals surface area (Å²) >= 11 is 0. The Labute approximate surface area is 221 Å². The maximum atomic E-state index is 12.0. The van der Waals surface area contributed by atoms with E-state index < -0.39 is 0 Å². The number of benzene rings is 2. The second kappa shape index (κ2) is 13.8. The first kappa shape index (κ1) is 27.4. The minimum atomic E-state index is -0.139. The SMILES string of the molecule is C=C(O)/C=C/c1ccc(OC)nc1.COc1cc(/C=C/C(=O)/C=C/c2cnc3ccccc3c2)ccc1O. The lowest BCUT2D eigenvalue weighted by Gasteiger charge is -2.03. The number of phenolic OH excluding ortho intramolecular Hbond substituents is 1. The molecule has 192 valence electrons. The molecule has 7 heteroatoms. The van der Waals surface area contributed by atoms with Gasteiger partial charge in [0.15, 0.2) is 17.3 Å². The van der Waals surface area contributed by atoms with Crippen LogP contribution in [0.4, 0.5) is 0 Å². The van der Waals surface area contributed by atoms with Crippen LogP contribution in [0.1, 0.15) is 16.7 Å². The summed E-state index contributed by atoms with van der Waals surface area (Å²) in [6.07, 6.45) is 13.0. The molecular weight excluding hydrogens is 480 g/mol. The summed E-state index contributed by atoms with van der Waals surface area (Å²) < 4.78 is 9.94. The van der Waals surface area contributed by atoms with E-state index >= 15 is 0 Å². The highest BCUT2D eigenvalue weighted by Gasteiger charge is 2.01. The van der Waals surface area contributed by atoms with Gasteiger partial charge >= 0.3 is 0 Å². The molecule has 2 aromatic carbocycles. The van der Waals surface area contributed by atoms with Gasteiger partial charge in [-0.2, -0.15) is 0 Å². The van der Waals surface area contributed by atoms with Crippen LogP contribution in [0.2, 0.25) is 0 Å². The molecule has 2 N–H and O–H groups in total. The molecule has 0 saturated carbocycles. The van der Waals surface area contributed by atoms with E-state index in [0.717, 1.165) is 27.6 Å². The summed E-state index contributed by atoms with van der Waals surface area (Å²) in [4.78, 5) is 20.4. The van der Waals surface area contributed by atoms with Gasteiger partial charge < -0.3 is 19.7 Å². The lowest BCUT2D eigenvalue weighted by molar-refractivity contribution is -0.110. The van der Waals surface area contributed by atoms with Crippen molar-refractivity contribution in [3.8, 4) is 17.4 Å². The number of methoxy groups -OCH3 is 2. The first-order valence-electron chi connectivity index (χ1n) is 11.6. The Bertz CT molecular complexity index is 1490. The third-order valence-corrected chi connectivity index (χ3v) is 5.13. The number of carbonyl (C=O) groups excluding carboxylic acids is 1. The number of ether oxygens (including phenoxy) is 2. The summed E-state index contributed by atoms with van der Waals surface area (Å²) in [5.74, 6) is 0.887. The monoisotopic (exact) mass is 508 g/mol. The van der Waals surface area contributed by atoms with Crippen LogP contribution in [0.25, 0.3) is 29.1 Å². The van der Waals surface area contributed by atoms with E-state index in [2.05, 4.69) is 16.5 Å². The quantitative estimate of drug-likeness (QED) is 0.161. The molecule has 0 aliphatic heterocycles. The fourth-order valence-corrected chi connectivity index (χ4v) is 3.19. The zero-order chi connectivity index (χ0) is 27.3. The number of para-hydroxylation sites is 1. The van der Waals surface area contributed by atoms with Gasteiger partial charge in [-0.25, -0.2) is 4.98 Å². The standard InChI is InChI=1S/C21H17NO3.C10H11NO2/c1-25-21-13-15(8-11-20(21)24)6-9-18(23)10-7-16-12-17-4-2-3-5-19(17)22-14-16;1-8(12)3-4-9-5-6-10(13-2)11-7-9/h2-14,24H,1H3;3-7,12H,1H2,2H3/b9-6+,10-7+;4-3+. The topological polar surface area (TPSA) is 102 Å². The van der Waals surface area contributed by atoms with Crippen molar-refractivity contribution in [2.75, 3.05) is 14.2 Å². The molecule has 0 bridgehead atoms. The van der Waals surface area contributed by atoms with Crippen LogP contribution in [0, 0.1) is 0 Å². The minimum Gasteiger partial charge on any atom is -0.509 e. The number of ketones is 1. The molecular formula is C31H28N2O5. The number of allylic oxidation sites excluding steroid dienone is 3. The van der Waals surface area contributed by atoms with Gasteiger partial charge in [0.2, 0.25) is 5.88 Å². The van der Waals surface area contributed by atoms with Crippen molar-refractivity contribution in [3.63, 3.8) is 0 Å². The molecule has 0 fully saturated rings. The highest BCUT2D eigenvalue weighted by molar-refractivity contribution is 6.04. The van der Waals surface area contributed by atoms with Crippen molar-refractivity contribution in [1.29, 1.82) is 0 Å². The molecule has 0 atom stereocenters. The van der Waals surface area contributed by atoms with E-state index in [1.165, 1.54) is 31.4 Å². The third kappa shape index (κ3) is 8.49. The first-order valence-corrected chi connectivity index (χ1v) is 11.6. The Morgan fingerprint density at radius 3 is 2.18 bits per heavy atom. The number of phenols is 1. The third-order valence-electron chi connectivity index (χ3n) is 5.13. The summed E-state index contributed by atoms with van der Waals surface area (Å²) in [5, 5.41) is 19.4. The van der Waals surface area contributed by atoms with Crippen LogP contribution in [0.3, 0.4) is 0 Å². The van der Waals surface area contributed by atoms with Crippen LogP contribution >= 0.6 is 0 Å². The molecule has 4 aromatic rings. The number of hydrogen-bond acceptors (Lipinski definition) is 7. The number of carbonyl (C=O) groups is 1. The van der Waals surface area contributed by atoms with Gasteiger partial charge in [-0.15, -0.1) is 0 Å². The second-order valence-corrected chi connectivity index (χ2v) is 7.92. The molecule has 2 aromatic heterocycles. The fraction of sp³-hybridized carbons (Fsp3) is 0.0645.